The Labute approximate surface area is 134 Å². The average molecular weight is 338 g/mol. The van der Waals surface area contributed by atoms with E-state index >= 15 is 0 Å². The molecule has 0 amide bonds. The van der Waals surface area contributed by atoms with E-state index in [0.717, 1.165) is 0 Å². The Hall–Kier alpha value is -2.68. The second-order valence-corrected chi connectivity index (χ2v) is 5.17. The molecule has 9 heteroatoms. The monoisotopic (exact) mass is 338 g/mol. The molecule has 0 fully saturated rings. The van der Waals surface area contributed by atoms with Gasteiger partial charge in [0.05, 0.1) is 24.1 Å². The molecule has 3 rings (SSSR count). The largest absolute Gasteiger partial charge is 0.454 e. The topological polar surface area (TPSA) is 72.9 Å². The molecule has 0 spiro atoms. The lowest BCUT2D eigenvalue weighted by molar-refractivity contribution is -0.0884. The van der Waals surface area contributed by atoms with Gasteiger partial charge >= 0.3 is 6.18 Å². The Morgan fingerprint density at radius 3 is 2.62 bits per heavy atom. The lowest BCUT2D eigenvalue weighted by Gasteiger charge is -2.05. The predicted octanol–water partition coefficient (Wildman–Crippen LogP) is 2.48. The van der Waals surface area contributed by atoms with Gasteiger partial charge in [0.15, 0.2) is 0 Å². The third-order valence-corrected chi connectivity index (χ3v) is 3.67. The molecule has 0 radical (unpaired) electrons. The van der Waals surface area contributed by atoms with E-state index in [1.807, 2.05) is 0 Å². The fourth-order valence-electron chi connectivity index (χ4n) is 2.52. The van der Waals surface area contributed by atoms with Crippen molar-refractivity contribution in [1.29, 1.82) is 0 Å². The zero-order chi connectivity index (χ0) is 17.5. The number of ketones is 1. The molecule has 0 bridgehead atoms. The van der Waals surface area contributed by atoms with Gasteiger partial charge in [-0.2, -0.15) is 13.2 Å². The zero-order valence-electron chi connectivity index (χ0n) is 12.6. The Balaban J connectivity index is 2.18. The number of fused-ring (bicyclic) bond motifs is 1. The van der Waals surface area contributed by atoms with Crippen molar-refractivity contribution in [3.63, 3.8) is 0 Å². The number of hydrogen-bond donors (Lipinski definition) is 1. The predicted molar refractivity (Wildman–Crippen MR) is 78.8 cm³/mol. The number of hydrogen-bond acceptors (Lipinski definition) is 4. The first kappa shape index (κ1) is 16.2. The van der Waals surface area contributed by atoms with Gasteiger partial charge in [0, 0.05) is 23.6 Å². The quantitative estimate of drug-likeness (QED) is 0.742. The molecule has 0 saturated heterocycles. The van der Waals surface area contributed by atoms with Crippen LogP contribution in [0.5, 0.6) is 0 Å². The number of alkyl halides is 3. The average Bonchev–Trinajstić information content (AvgIpc) is 3.17. The molecule has 2 heterocycles. The normalized spacial score (nSPS) is 12.0. The van der Waals surface area contributed by atoms with Crippen molar-refractivity contribution in [2.45, 2.75) is 26.3 Å². The van der Waals surface area contributed by atoms with Crippen LogP contribution >= 0.6 is 0 Å². The lowest BCUT2D eigenvalue weighted by atomic mass is 10.1. The van der Waals surface area contributed by atoms with E-state index in [0.29, 0.717) is 23.4 Å². The highest BCUT2D eigenvalue weighted by Crippen LogP contribution is 2.30. The van der Waals surface area contributed by atoms with Crippen LogP contribution in [0.3, 0.4) is 0 Å². The first-order valence-corrected chi connectivity index (χ1v) is 7.12. The molecule has 0 aliphatic heterocycles. The van der Waals surface area contributed by atoms with E-state index < -0.39 is 17.5 Å². The number of benzene rings is 1. The molecular weight excluding hydrogens is 325 g/mol. The second kappa shape index (κ2) is 5.75. The van der Waals surface area contributed by atoms with Crippen LogP contribution in [0.25, 0.3) is 16.6 Å². The van der Waals surface area contributed by atoms with Crippen LogP contribution in [-0.4, -0.2) is 36.6 Å². The summed E-state index contributed by atoms with van der Waals surface area (Å²) in [6, 6.07) is 4.74. The Kier molecular flexibility index (Phi) is 3.88. The van der Waals surface area contributed by atoms with E-state index in [2.05, 4.69) is 10.3 Å². The van der Waals surface area contributed by atoms with Gasteiger partial charge in [0.2, 0.25) is 0 Å². The van der Waals surface area contributed by atoms with Crippen molar-refractivity contribution in [3.05, 3.63) is 41.9 Å². The number of carbonyl (C=O) groups is 1. The van der Waals surface area contributed by atoms with Gasteiger partial charge in [-0.15, -0.1) is 5.10 Å². The van der Waals surface area contributed by atoms with Gasteiger partial charge in [-0.3, -0.25) is 4.79 Å². The van der Waals surface area contributed by atoms with Crippen LogP contribution in [-0.2, 0) is 13.2 Å². The number of aliphatic hydroxyl groups excluding tert-OH is 1. The number of aliphatic hydroxyl groups is 1. The van der Waals surface area contributed by atoms with Gasteiger partial charge < -0.3 is 9.67 Å². The maximum atomic E-state index is 12.8. The molecule has 24 heavy (non-hydrogen) atoms. The molecular formula is C15H13F3N4O2. The summed E-state index contributed by atoms with van der Waals surface area (Å²) in [5.41, 5.74) is 0.896. The maximum Gasteiger partial charge on any atom is 0.454 e. The van der Waals surface area contributed by atoms with Crippen LogP contribution in [0.1, 0.15) is 23.0 Å². The van der Waals surface area contributed by atoms with Gasteiger partial charge in [-0.1, -0.05) is 5.21 Å². The van der Waals surface area contributed by atoms with Crippen molar-refractivity contribution in [1.82, 2.24) is 19.6 Å². The summed E-state index contributed by atoms with van der Waals surface area (Å²) in [5.74, 6) is -1.88. The highest BCUT2D eigenvalue weighted by Gasteiger charge is 2.40. The summed E-state index contributed by atoms with van der Waals surface area (Å²) >= 11 is 0. The minimum Gasteiger partial charge on any atom is -0.390 e. The minimum atomic E-state index is -4.94. The highest BCUT2D eigenvalue weighted by molar-refractivity contribution is 6.11. The fourth-order valence-corrected chi connectivity index (χ4v) is 2.52. The molecule has 6 nitrogen and oxygen atoms in total. The summed E-state index contributed by atoms with van der Waals surface area (Å²) in [4.78, 5) is 11.7. The van der Waals surface area contributed by atoms with Crippen molar-refractivity contribution in [2.75, 3.05) is 0 Å². The molecule has 0 unspecified atom stereocenters. The molecule has 0 aliphatic rings. The van der Waals surface area contributed by atoms with E-state index in [1.165, 1.54) is 23.1 Å². The Morgan fingerprint density at radius 2 is 2.04 bits per heavy atom. The Bertz CT molecular complexity index is 911. The molecule has 2 aromatic heterocycles. The fraction of sp³-hybridized carbons (Fsp3) is 0.267. The molecule has 0 aliphatic carbocycles. The lowest BCUT2D eigenvalue weighted by Crippen LogP contribution is -2.22. The van der Waals surface area contributed by atoms with E-state index in [1.54, 1.807) is 23.6 Å². The van der Waals surface area contributed by atoms with Crippen molar-refractivity contribution in [3.8, 4) is 5.69 Å². The van der Waals surface area contributed by atoms with E-state index in [-0.39, 0.29) is 12.0 Å². The third kappa shape index (κ3) is 2.67. The number of nitrogens with zero attached hydrogens (tertiary/aromatic N) is 4. The highest BCUT2D eigenvalue weighted by atomic mass is 19.4. The first-order valence-electron chi connectivity index (χ1n) is 7.12. The number of aryl methyl sites for hydroxylation is 1. The second-order valence-electron chi connectivity index (χ2n) is 5.17. The standard InChI is InChI=1S/C15H13F3N4O2/c1-2-21-7-12(14(24)15(16,17)18)11-5-10(3-4-13(11)21)22-6-9(8-23)19-20-22/h3-7,23H,2,8H2,1H3. The summed E-state index contributed by atoms with van der Waals surface area (Å²) in [5, 5.41) is 16.7. The number of Topliss-reactive ketones (excluding diaryl/α,β-unsaturated/α-hetero) is 1. The number of rotatable bonds is 4. The summed E-state index contributed by atoms with van der Waals surface area (Å²) in [7, 11) is 0. The van der Waals surface area contributed by atoms with Crippen LogP contribution in [0.15, 0.2) is 30.6 Å². The van der Waals surface area contributed by atoms with Gasteiger partial charge in [-0.25, -0.2) is 4.68 Å². The van der Waals surface area contributed by atoms with Crippen LogP contribution in [0.2, 0.25) is 0 Å². The minimum absolute atomic E-state index is 0.192. The molecule has 126 valence electrons. The SMILES string of the molecule is CCn1cc(C(=O)C(F)(F)F)c2cc(-n3cc(CO)nn3)ccc21. The van der Waals surface area contributed by atoms with Gasteiger partial charge in [0.25, 0.3) is 5.78 Å². The van der Waals surface area contributed by atoms with Gasteiger partial charge in [-0.05, 0) is 25.1 Å². The zero-order valence-corrected chi connectivity index (χ0v) is 12.6. The summed E-state index contributed by atoms with van der Waals surface area (Å²) < 4.78 is 41.4. The van der Waals surface area contributed by atoms with Crippen molar-refractivity contribution >= 4 is 16.7 Å². The van der Waals surface area contributed by atoms with Crippen LogP contribution < -0.4 is 0 Å². The summed E-state index contributed by atoms with van der Waals surface area (Å²) in [6.45, 7) is 1.91. The molecule has 1 N–H and O–H groups in total. The maximum absolute atomic E-state index is 12.8. The third-order valence-electron chi connectivity index (χ3n) is 3.67. The Morgan fingerprint density at radius 1 is 1.29 bits per heavy atom. The smallest absolute Gasteiger partial charge is 0.390 e. The summed E-state index contributed by atoms with van der Waals surface area (Å²) in [6.07, 6.45) is -2.27. The molecule has 0 atom stereocenters. The first-order chi connectivity index (χ1) is 11.3. The molecule has 3 aromatic rings. The molecule has 1 aromatic carbocycles. The van der Waals surface area contributed by atoms with E-state index in [9.17, 15) is 18.0 Å². The van der Waals surface area contributed by atoms with Crippen LogP contribution in [0, 0.1) is 0 Å². The number of carbonyl (C=O) groups excluding carboxylic acids is 1. The van der Waals surface area contributed by atoms with Crippen molar-refractivity contribution in [2.24, 2.45) is 0 Å². The number of halogens is 3. The van der Waals surface area contributed by atoms with Gasteiger partial charge in [0.1, 0.15) is 5.69 Å². The van der Waals surface area contributed by atoms with Crippen LogP contribution in [0.4, 0.5) is 13.2 Å². The molecule has 0 saturated carbocycles. The van der Waals surface area contributed by atoms with Crippen molar-refractivity contribution < 1.29 is 23.1 Å². The van der Waals surface area contributed by atoms with E-state index in [4.69, 9.17) is 5.11 Å². The number of aromatic nitrogens is 4.